The summed E-state index contributed by atoms with van der Waals surface area (Å²) in [6.07, 6.45) is 0.0778. The Hall–Kier alpha value is -0.610. The third-order valence-corrected chi connectivity index (χ3v) is 3.26. The summed E-state index contributed by atoms with van der Waals surface area (Å²) in [5.74, 6) is -0.878. The average molecular weight is 296 g/mol. The standard InChI is InChI=1S/C10H9BrClFO2/c1-2-15-8(14)5-6-3-4-7(13)10(12)9(6)11/h3-4H,2,5H2,1H3. The van der Waals surface area contributed by atoms with Gasteiger partial charge in [0.25, 0.3) is 0 Å². The topological polar surface area (TPSA) is 26.3 Å². The first kappa shape index (κ1) is 12.5. The van der Waals surface area contributed by atoms with Crippen LogP contribution in [0.4, 0.5) is 4.39 Å². The molecule has 0 atom stereocenters. The summed E-state index contributed by atoms with van der Waals surface area (Å²) >= 11 is 8.80. The van der Waals surface area contributed by atoms with E-state index in [4.69, 9.17) is 16.3 Å². The maximum absolute atomic E-state index is 13.0. The van der Waals surface area contributed by atoms with Crippen molar-refractivity contribution >= 4 is 33.5 Å². The fourth-order valence-corrected chi connectivity index (χ4v) is 1.72. The molecule has 2 nitrogen and oxygen atoms in total. The molecular formula is C10H9BrClFO2. The minimum Gasteiger partial charge on any atom is -0.466 e. The Bertz CT molecular complexity index is 382. The number of benzene rings is 1. The van der Waals surface area contributed by atoms with Gasteiger partial charge in [0.05, 0.1) is 18.1 Å². The summed E-state index contributed by atoms with van der Waals surface area (Å²) in [5, 5.41) is -0.0169. The van der Waals surface area contributed by atoms with E-state index in [9.17, 15) is 9.18 Å². The number of rotatable bonds is 3. The summed E-state index contributed by atoms with van der Waals surface area (Å²) in [6.45, 7) is 2.05. The highest BCUT2D eigenvalue weighted by molar-refractivity contribution is 9.10. The fourth-order valence-electron chi connectivity index (χ4n) is 1.07. The van der Waals surface area contributed by atoms with Crippen LogP contribution in [0.25, 0.3) is 0 Å². The Morgan fingerprint density at radius 3 is 2.87 bits per heavy atom. The van der Waals surface area contributed by atoms with Crippen molar-refractivity contribution in [3.05, 3.63) is 33.0 Å². The van der Waals surface area contributed by atoms with Crippen molar-refractivity contribution in [3.8, 4) is 0 Å². The van der Waals surface area contributed by atoms with E-state index in [2.05, 4.69) is 15.9 Å². The summed E-state index contributed by atoms with van der Waals surface area (Å²) in [4.78, 5) is 11.2. The number of ether oxygens (including phenoxy) is 1. The highest BCUT2D eigenvalue weighted by Crippen LogP contribution is 2.29. The first-order chi connectivity index (χ1) is 7.06. The zero-order valence-corrected chi connectivity index (χ0v) is 10.4. The molecule has 0 saturated heterocycles. The van der Waals surface area contributed by atoms with Crippen LogP contribution in [0.2, 0.25) is 5.02 Å². The molecule has 0 bridgehead atoms. The molecule has 0 fully saturated rings. The highest BCUT2D eigenvalue weighted by Gasteiger charge is 2.12. The van der Waals surface area contributed by atoms with E-state index in [-0.39, 0.29) is 17.4 Å². The van der Waals surface area contributed by atoms with Gasteiger partial charge in [0.15, 0.2) is 0 Å². The van der Waals surface area contributed by atoms with Crippen molar-refractivity contribution in [2.45, 2.75) is 13.3 Å². The van der Waals surface area contributed by atoms with Crippen LogP contribution in [0, 0.1) is 5.82 Å². The molecule has 0 spiro atoms. The van der Waals surface area contributed by atoms with Crippen molar-refractivity contribution < 1.29 is 13.9 Å². The maximum Gasteiger partial charge on any atom is 0.310 e. The summed E-state index contributed by atoms with van der Waals surface area (Å²) < 4.78 is 18.1. The fraction of sp³-hybridized carbons (Fsp3) is 0.300. The zero-order valence-electron chi connectivity index (χ0n) is 8.02. The van der Waals surface area contributed by atoms with E-state index < -0.39 is 5.82 Å². The Labute approximate surface area is 101 Å². The van der Waals surface area contributed by atoms with Gasteiger partial charge in [-0.2, -0.15) is 0 Å². The van der Waals surface area contributed by atoms with Crippen molar-refractivity contribution in [2.75, 3.05) is 6.61 Å². The second-order valence-electron chi connectivity index (χ2n) is 2.82. The smallest absolute Gasteiger partial charge is 0.310 e. The monoisotopic (exact) mass is 294 g/mol. The molecule has 82 valence electrons. The lowest BCUT2D eigenvalue weighted by Gasteiger charge is -2.06. The van der Waals surface area contributed by atoms with Gasteiger partial charge in [-0.05, 0) is 34.5 Å². The van der Waals surface area contributed by atoms with E-state index in [1.165, 1.54) is 12.1 Å². The molecule has 0 N–H and O–H groups in total. The van der Waals surface area contributed by atoms with Gasteiger partial charge in [0.1, 0.15) is 5.82 Å². The molecule has 0 amide bonds. The van der Waals surface area contributed by atoms with Gasteiger partial charge in [-0.15, -0.1) is 0 Å². The molecule has 0 saturated carbocycles. The largest absolute Gasteiger partial charge is 0.466 e. The first-order valence-electron chi connectivity index (χ1n) is 4.34. The van der Waals surface area contributed by atoms with Crippen LogP contribution in [0.5, 0.6) is 0 Å². The van der Waals surface area contributed by atoms with Crippen molar-refractivity contribution in [3.63, 3.8) is 0 Å². The van der Waals surface area contributed by atoms with Gasteiger partial charge < -0.3 is 4.74 Å². The molecule has 0 aromatic heterocycles. The van der Waals surface area contributed by atoms with Gasteiger partial charge >= 0.3 is 5.97 Å². The van der Waals surface area contributed by atoms with Gasteiger partial charge in [-0.1, -0.05) is 17.7 Å². The normalized spacial score (nSPS) is 10.1. The Kier molecular flexibility index (Phi) is 4.54. The number of carbonyl (C=O) groups is 1. The third kappa shape index (κ3) is 3.18. The van der Waals surface area contributed by atoms with E-state index in [1.54, 1.807) is 6.92 Å². The van der Waals surface area contributed by atoms with Crippen LogP contribution in [-0.2, 0) is 16.0 Å². The second kappa shape index (κ2) is 5.47. The Balaban J connectivity index is 2.87. The highest BCUT2D eigenvalue weighted by atomic mass is 79.9. The first-order valence-corrected chi connectivity index (χ1v) is 5.51. The predicted molar refractivity (Wildman–Crippen MR) is 59.4 cm³/mol. The maximum atomic E-state index is 13.0. The molecule has 1 aromatic rings. The molecule has 1 rings (SSSR count). The van der Waals surface area contributed by atoms with Gasteiger partial charge in [0, 0.05) is 4.47 Å². The van der Waals surface area contributed by atoms with Crippen molar-refractivity contribution in [2.24, 2.45) is 0 Å². The molecule has 5 heteroatoms. The molecule has 15 heavy (non-hydrogen) atoms. The van der Waals surface area contributed by atoms with Crippen molar-refractivity contribution in [1.29, 1.82) is 0 Å². The van der Waals surface area contributed by atoms with Crippen LogP contribution in [0.3, 0.4) is 0 Å². The van der Waals surface area contributed by atoms with Gasteiger partial charge in [-0.3, -0.25) is 4.79 Å². The van der Waals surface area contributed by atoms with E-state index in [0.29, 0.717) is 16.6 Å². The summed E-state index contributed by atoms with van der Waals surface area (Å²) in [7, 11) is 0. The number of hydrogen-bond acceptors (Lipinski definition) is 2. The van der Waals surface area contributed by atoms with Crippen LogP contribution in [0.1, 0.15) is 12.5 Å². The lowest BCUT2D eigenvalue weighted by molar-refractivity contribution is -0.142. The summed E-state index contributed by atoms with van der Waals surface area (Å²) in [5.41, 5.74) is 0.611. The van der Waals surface area contributed by atoms with Crippen LogP contribution >= 0.6 is 27.5 Å². The zero-order chi connectivity index (χ0) is 11.4. The molecule has 0 unspecified atom stereocenters. The Morgan fingerprint density at radius 2 is 2.27 bits per heavy atom. The lowest BCUT2D eigenvalue weighted by Crippen LogP contribution is -2.08. The number of esters is 1. The van der Waals surface area contributed by atoms with Crippen LogP contribution in [-0.4, -0.2) is 12.6 Å². The third-order valence-electron chi connectivity index (χ3n) is 1.76. The molecule has 0 aliphatic rings. The Morgan fingerprint density at radius 1 is 1.60 bits per heavy atom. The average Bonchev–Trinajstić information content (AvgIpc) is 2.20. The minimum atomic E-state index is -0.517. The number of carbonyl (C=O) groups excluding carboxylic acids is 1. The second-order valence-corrected chi connectivity index (χ2v) is 3.99. The van der Waals surface area contributed by atoms with E-state index in [1.807, 2.05) is 0 Å². The van der Waals surface area contributed by atoms with Crippen molar-refractivity contribution in [1.82, 2.24) is 0 Å². The molecule has 0 aliphatic heterocycles. The van der Waals surface area contributed by atoms with Crippen LogP contribution in [0.15, 0.2) is 16.6 Å². The number of halogens is 3. The molecule has 0 radical (unpaired) electrons. The molecular weight excluding hydrogens is 286 g/mol. The van der Waals surface area contributed by atoms with Gasteiger partial charge in [-0.25, -0.2) is 4.39 Å². The molecule has 1 aromatic carbocycles. The predicted octanol–water partition coefficient (Wildman–Crippen LogP) is 3.35. The number of hydrogen-bond donors (Lipinski definition) is 0. The molecule has 0 heterocycles. The quantitative estimate of drug-likeness (QED) is 0.631. The van der Waals surface area contributed by atoms with E-state index in [0.717, 1.165) is 0 Å². The summed E-state index contributed by atoms with van der Waals surface area (Å²) in [6, 6.07) is 2.73. The SMILES string of the molecule is CCOC(=O)Cc1ccc(F)c(Cl)c1Br. The van der Waals surface area contributed by atoms with E-state index >= 15 is 0 Å². The molecule has 0 aliphatic carbocycles. The van der Waals surface area contributed by atoms with Gasteiger partial charge in [0.2, 0.25) is 0 Å². The van der Waals surface area contributed by atoms with Crippen LogP contribution < -0.4 is 0 Å². The minimum absolute atomic E-state index is 0.0169. The lowest BCUT2D eigenvalue weighted by atomic mass is 10.1.